The second kappa shape index (κ2) is 12.2. The van der Waals surface area contributed by atoms with Crippen LogP contribution in [0.4, 0.5) is 0 Å². The highest BCUT2D eigenvalue weighted by Gasteiger charge is 2.16. The lowest BCUT2D eigenvalue weighted by Gasteiger charge is -2.10. The third-order valence-corrected chi connectivity index (χ3v) is 5.29. The van der Waals surface area contributed by atoms with Crippen molar-refractivity contribution in [2.75, 3.05) is 6.54 Å². The minimum atomic E-state index is -0.246. The Morgan fingerprint density at radius 2 is 2.00 bits per heavy atom. The van der Waals surface area contributed by atoms with Crippen molar-refractivity contribution >= 4 is 38.6 Å². The zero-order valence-electron chi connectivity index (χ0n) is 19.5. The highest BCUT2D eigenvalue weighted by molar-refractivity contribution is 9.10. The Morgan fingerprint density at radius 1 is 1.27 bits per heavy atom. The number of hydrogen-bond donors (Lipinski definition) is 2. The average Bonchev–Trinajstić information content (AvgIpc) is 3.16. The van der Waals surface area contributed by atoms with Crippen molar-refractivity contribution in [3.8, 4) is 0 Å². The first kappa shape index (κ1) is 26.1. The van der Waals surface area contributed by atoms with Crippen molar-refractivity contribution in [2.45, 2.75) is 39.7 Å². The van der Waals surface area contributed by atoms with Gasteiger partial charge in [0, 0.05) is 34.6 Å². The summed E-state index contributed by atoms with van der Waals surface area (Å²) in [6.45, 7) is 17.6. The molecular formula is C26H31BrN4O2. The van der Waals surface area contributed by atoms with Gasteiger partial charge < -0.3 is 10.6 Å². The summed E-state index contributed by atoms with van der Waals surface area (Å²) in [4.78, 5) is 25.1. The van der Waals surface area contributed by atoms with Gasteiger partial charge in [-0.15, -0.1) is 0 Å². The third-order valence-electron chi connectivity index (χ3n) is 4.83. The molecule has 7 heteroatoms. The van der Waals surface area contributed by atoms with Crippen LogP contribution in [0.1, 0.15) is 50.0 Å². The molecule has 2 amide bonds. The number of benzene rings is 1. The van der Waals surface area contributed by atoms with Crippen molar-refractivity contribution in [3.05, 3.63) is 89.2 Å². The zero-order valence-corrected chi connectivity index (χ0v) is 21.0. The average molecular weight is 511 g/mol. The summed E-state index contributed by atoms with van der Waals surface area (Å²) in [6, 6.07) is 3.88. The first-order chi connectivity index (χ1) is 15.7. The predicted molar refractivity (Wildman–Crippen MR) is 139 cm³/mol. The van der Waals surface area contributed by atoms with Crippen LogP contribution in [0, 0.1) is 0 Å². The highest BCUT2D eigenvalue weighted by atomic mass is 79.9. The van der Waals surface area contributed by atoms with E-state index in [1.165, 1.54) is 0 Å². The van der Waals surface area contributed by atoms with E-state index in [0.29, 0.717) is 17.7 Å². The second-order valence-corrected chi connectivity index (χ2v) is 8.88. The largest absolute Gasteiger partial charge is 0.351 e. The number of allylic oxidation sites excluding steroid dienone is 7. The monoisotopic (exact) mass is 510 g/mol. The third kappa shape index (κ3) is 7.43. The molecule has 174 valence electrons. The summed E-state index contributed by atoms with van der Waals surface area (Å²) >= 11 is 3.47. The molecule has 0 saturated heterocycles. The van der Waals surface area contributed by atoms with Crippen LogP contribution in [0.2, 0.25) is 0 Å². The van der Waals surface area contributed by atoms with E-state index in [1.54, 1.807) is 31.3 Å². The normalized spacial score (nSPS) is 12.0. The minimum Gasteiger partial charge on any atom is -0.351 e. The topological polar surface area (TPSA) is 76.0 Å². The lowest BCUT2D eigenvalue weighted by molar-refractivity contribution is -0.120. The lowest BCUT2D eigenvalue weighted by Crippen LogP contribution is -2.30. The summed E-state index contributed by atoms with van der Waals surface area (Å²) in [7, 11) is 0. The van der Waals surface area contributed by atoms with Crippen LogP contribution in [0.5, 0.6) is 0 Å². The fourth-order valence-electron chi connectivity index (χ4n) is 3.38. The Balaban J connectivity index is 1.94. The molecule has 1 aromatic heterocycles. The van der Waals surface area contributed by atoms with Gasteiger partial charge in [-0.05, 0) is 56.5 Å². The first-order valence-electron chi connectivity index (χ1n) is 10.7. The van der Waals surface area contributed by atoms with Crippen LogP contribution < -0.4 is 10.6 Å². The van der Waals surface area contributed by atoms with E-state index in [-0.39, 0.29) is 30.8 Å². The maximum Gasteiger partial charge on any atom is 0.252 e. The minimum absolute atomic E-state index is 0.153. The maximum absolute atomic E-state index is 12.8. The molecule has 0 aliphatic rings. The van der Waals surface area contributed by atoms with E-state index >= 15 is 0 Å². The lowest BCUT2D eigenvalue weighted by atomic mass is 10.1. The molecule has 2 aromatic rings. The first-order valence-corrected chi connectivity index (χ1v) is 11.5. The van der Waals surface area contributed by atoms with Crippen LogP contribution in [0.25, 0.3) is 10.9 Å². The number of amides is 2. The summed E-state index contributed by atoms with van der Waals surface area (Å²) in [6.07, 6.45) is 9.62. The number of nitrogens with zero attached hydrogens (tertiary/aromatic N) is 2. The Bertz CT molecular complexity index is 1140. The van der Waals surface area contributed by atoms with Gasteiger partial charge in [0.25, 0.3) is 5.91 Å². The SMILES string of the molecule is C=C/C=C(\C=C)CC(=C)/C=C(/C)NC(=O)CCNC(=O)c1cc(Br)cc2c1cnn2C(C)C. The molecule has 0 radical (unpaired) electrons. The molecule has 0 atom stereocenters. The van der Waals surface area contributed by atoms with Crippen molar-refractivity contribution in [2.24, 2.45) is 0 Å². The molecule has 6 nitrogen and oxygen atoms in total. The van der Waals surface area contributed by atoms with Gasteiger partial charge in [-0.3, -0.25) is 14.3 Å². The van der Waals surface area contributed by atoms with Gasteiger partial charge in [0.05, 0.1) is 17.3 Å². The van der Waals surface area contributed by atoms with Gasteiger partial charge in [-0.1, -0.05) is 53.9 Å². The van der Waals surface area contributed by atoms with Crippen LogP contribution in [0.3, 0.4) is 0 Å². The number of fused-ring (bicyclic) bond motifs is 1. The van der Waals surface area contributed by atoms with E-state index in [2.05, 4.69) is 51.4 Å². The van der Waals surface area contributed by atoms with E-state index in [9.17, 15) is 9.59 Å². The molecule has 0 fully saturated rings. The molecule has 0 spiro atoms. The Kier molecular flexibility index (Phi) is 9.60. The number of hydrogen-bond acceptors (Lipinski definition) is 3. The van der Waals surface area contributed by atoms with Gasteiger partial charge in [0.2, 0.25) is 5.91 Å². The summed E-state index contributed by atoms with van der Waals surface area (Å²) < 4.78 is 2.67. The second-order valence-electron chi connectivity index (χ2n) is 7.97. The molecule has 0 saturated carbocycles. The number of aromatic nitrogens is 2. The van der Waals surface area contributed by atoms with Gasteiger partial charge in [-0.25, -0.2) is 0 Å². The fourth-order valence-corrected chi connectivity index (χ4v) is 3.83. The molecule has 33 heavy (non-hydrogen) atoms. The summed E-state index contributed by atoms with van der Waals surface area (Å²) in [5.41, 5.74) is 3.92. The highest BCUT2D eigenvalue weighted by Crippen LogP contribution is 2.26. The fraction of sp³-hybridized carbons (Fsp3) is 0.269. The van der Waals surface area contributed by atoms with Crippen LogP contribution >= 0.6 is 15.9 Å². The van der Waals surface area contributed by atoms with Crippen molar-refractivity contribution in [1.29, 1.82) is 0 Å². The van der Waals surface area contributed by atoms with Crippen LogP contribution in [-0.2, 0) is 4.79 Å². The van der Waals surface area contributed by atoms with Crippen LogP contribution in [0.15, 0.2) is 83.7 Å². The molecular weight excluding hydrogens is 480 g/mol. The Hall–Kier alpha value is -3.19. The molecule has 0 aliphatic carbocycles. The van der Waals surface area contributed by atoms with Gasteiger partial charge >= 0.3 is 0 Å². The summed E-state index contributed by atoms with van der Waals surface area (Å²) in [5.74, 6) is -0.432. The van der Waals surface area contributed by atoms with E-state index in [0.717, 1.165) is 26.5 Å². The van der Waals surface area contributed by atoms with E-state index in [4.69, 9.17) is 0 Å². The van der Waals surface area contributed by atoms with Crippen molar-refractivity contribution in [3.63, 3.8) is 0 Å². The molecule has 0 bridgehead atoms. The predicted octanol–water partition coefficient (Wildman–Crippen LogP) is 5.76. The van der Waals surface area contributed by atoms with Gasteiger partial charge in [-0.2, -0.15) is 5.10 Å². The van der Waals surface area contributed by atoms with Crippen LogP contribution in [-0.4, -0.2) is 28.1 Å². The number of carbonyl (C=O) groups is 2. The molecule has 0 aliphatic heterocycles. The van der Waals surface area contributed by atoms with E-state index in [1.807, 2.05) is 36.7 Å². The molecule has 1 aromatic carbocycles. The maximum atomic E-state index is 12.8. The van der Waals surface area contributed by atoms with Gasteiger partial charge in [0.15, 0.2) is 0 Å². The smallest absolute Gasteiger partial charge is 0.252 e. The standard InChI is InChI=1S/C26H31BrN4O2/c1-7-9-20(8-2)13-18(5)12-19(6)30-25(32)10-11-28-26(33)22-14-21(27)15-24-23(22)16-29-31(24)17(3)4/h7-9,12,14-17H,1-2,5,10-11,13H2,3-4,6H3,(H,28,33)(H,30,32)/b19-12-,20-9+. The van der Waals surface area contributed by atoms with Crippen molar-refractivity contribution < 1.29 is 9.59 Å². The molecule has 1 heterocycles. The quantitative estimate of drug-likeness (QED) is 0.377. The number of carbonyl (C=O) groups excluding carboxylic acids is 2. The van der Waals surface area contributed by atoms with Gasteiger partial charge in [0.1, 0.15) is 0 Å². The molecule has 2 rings (SSSR count). The Morgan fingerprint density at radius 3 is 2.64 bits per heavy atom. The number of halogens is 1. The number of nitrogens with one attached hydrogen (secondary N) is 2. The summed E-state index contributed by atoms with van der Waals surface area (Å²) in [5, 5.41) is 10.8. The van der Waals surface area contributed by atoms with E-state index < -0.39 is 0 Å². The van der Waals surface area contributed by atoms with Crippen molar-refractivity contribution in [1.82, 2.24) is 20.4 Å². The zero-order chi connectivity index (χ0) is 24.5. The molecule has 2 N–H and O–H groups in total. The molecule has 0 unspecified atom stereocenters. The number of rotatable bonds is 11. The Labute approximate surface area is 203 Å².